The molecule has 1 aliphatic heterocycles. The molecule has 34 heavy (non-hydrogen) atoms. The summed E-state index contributed by atoms with van der Waals surface area (Å²) < 4.78 is 5.44. The fourth-order valence-electron chi connectivity index (χ4n) is 4.37. The Morgan fingerprint density at radius 1 is 0.971 bits per heavy atom. The number of amides is 1. The van der Waals surface area contributed by atoms with E-state index in [9.17, 15) is 4.79 Å². The van der Waals surface area contributed by atoms with Gasteiger partial charge >= 0.3 is 0 Å². The third kappa shape index (κ3) is 7.09. The third-order valence-electron chi connectivity index (χ3n) is 6.11. The minimum atomic E-state index is 0. The van der Waals surface area contributed by atoms with Crippen molar-refractivity contribution < 1.29 is 9.21 Å². The van der Waals surface area contributed by atoms with Crippen LogP contribution in [0.3, 0.4) is 0 Å². The number of carbonyl (C=O) groups is 1. The molecule has 2 unspecified atom stereocenters. The molecule has 0 saturated carbocycles. The Hall–Kier alpha value is -2.81. The number of nitrogens with one attached hydrogen (secondary N) is 2. The number of hydrogen-bond donors (Lipinski definition) is 2. The number of guanidine groups is 1. The zero-order valence-electron chi connectivity index (χ0n) is 19.5. The van der Waals surface area contributed by atoms with Gasteiger partial charge in [0.05, 0.1) is 12.3 Å². The Morgan fingerprint density at radius 2 is 1.65 bits per heavy atom. The summed E-state index contributed by atoms with van der Waals surface area (Å²) in [4.78, 5) is 19.2. The second-order valence-corrected chi connectivity index (χ2v) is 8.43. The van der Waals surface area contributed by atoms with Crippen molar-refractivity contribution in [3.05, 3.63) is 95.9 Å². The van der Waals surface area contributed by atoms with Gasteiger partial charge < -0.3 is 20.0 Å². The highest BCUT2D eigenvalue weighted by molar-refractivity contribution is 14.0. The van der Waals surface area contributed by atoms with Crippen LogP contribution in [0, 0.1) is 5.92 Å². The molecule has 0 spiro atoms. The summed E-state index contributed by atoms with van der Waals surface area (Å²) in [7, 11) is 1.89. The number of likely N-dealkylation sites (tertiary alicyclic amines) is 1. The van der Waals surface area contributed by atoms with Crippen molar-refractivity contribution >= 4 is 35.8 Å². The molecule has 1 aromatic heterocycles. The number of carbonyl (C=O) groups excluding carboxylic acids is 1. The van der Waals surface area contributed by atoms with Crippen LogP contribution in [0.2, 0.25) is 0 Å². The summed E-state index contributed by atoms with van der Waals surface area (Å²) in [5.41, 5.74) is 2.45. The molecule has 2 heterocycles. The van der Waals surface area contributed by atoms with Crippen LogP contribution < -0.4 is 10.6 Å². The van der Waals surface area contributed by atoms with Crippen molar-refractivity contribution in [3.8, 4) is 0 Å². The molecule has 0 bridgehead atoms. The maximum absolute atomic E-state index is 12.5. The normalized spacial score (nSPS) is 18.0. The van der Waals surface area contributed by atoms with Gasteiger partial charge in [-0.15, -0.1) is 24.0 Å². The van der Waals surface area contributed by atoms with Crippen molar-refractivity contribution in [2.75, 3.05) is 26.7 Å². The number of halogens is 1. The van der Waals surface area contributed by atoms with Gasteiger partial charge in [-0.3, -0.25) is 9.79 Å². The molecule has 0 aliphatic carbocycles. The topological polar surface area (TPSA) is 69.9 Å². The van der Waals surface area contributed by atoms with Crippen LogP contribution in [-0.4, -0.2) is 43.4 Å². The fourth-order valence-corrected chi connectivity index (χ4v) is 4.37. The van der Waals surface area contributed by atoms with E-state index in [0.29, 0.717) is 13.0 Å². The molecule has 180 valence electrons. The van der Waals surface area contributed by atoms with E-state index in [2.05, 4.69) is 47.0 Å². The van der Waals surface area contributed by atoms with Gasteiger partial charge in [-0.25, -0.2) is 0 Å². The van der Waals surface area contributed by atoms with Crippen molar-refractivity contribution in [1.82, 2.24) is 15.5 Å². The quantitative estimate of drug-likeness (QED) is 0.226. The Kier molecular flexibility index (Phi) is 10.00. The smallest absolute Gasteiger partial charge is 0.223 e. The van der Waals surface area contributed by atoms with Gasteiger partial charge in [0.2, 0.25) is 5.91 Å². The molecule has 2 aromatic carbocycles. The molecule has 3 aromatic rings. The molecule has 6 nitrogen and oxygen atoms in total. The van der Waals surface area contributed by atoms with Crippen LogP contribution in [0.5, 0.6) is 0 Å². The Labute approximate surface area is 218 Å². The standard InChI is InChI=1S/C27H32N4O2.HI/c1-31-25(32)19-23(26(31)22-11-6-3-7-12-22)20-30-27(29-17-15-24-13-8-18-33-24)28-16-14-21-9-4-2-5-10-21;/h2-13,18,23,26H,14-17,19-20H2,1H3,(H2,28,29,30);1H. The van der Waals surface area contributed by atoms with E-state index in [1.165, 1.54) is 5.56 Å². The first-order chi connectivity index (χ1) is 16.2. The molecule has 0 radical (unpaired) electrons. The Balaban J connectivity index is 0.00000324. The third-order valence-corrected chi connectivity index (χ3v) is 6.11. The Morgan fingerprint density at radius 3 is 2.32 bits per heavy atom. The largest absolute Gasteiger partial charge is 0.469 e. The second kappa shape index (κ2) is 13.2. The number of hydrogen-bond acceptors (Lipinski definition) is 3. The first kappa shape index (κ1) is 25.8. The van der Waals surface area contributed by atoms with Crippen molar-refractivity contribution in [1.29, 1.82) is 0 Å². The van der Waals surface area contributed by atoms with E-state index in [1.54, 1.807) is 6.26 Å². The van der Waals surface area contributed by atoms with Gasteiger partial charge in [0.1, 0.15) is 5.76 Å². The monoisotopic (exact) mass is 572 g/mol. The molecule has 2 atom stereocenters. The summed E-state index contributed by atoms with van der Waals surface area (Å²) in [5, 5.41) is 6.88. The molecular formula is C27H33IN4O2. The van der Waals surface area contributed by atoms with Crippen molar-refractivity contribution in [2.45, 2.75) is 25.3 Å². The van der Waals surface area contributed by atoms with Gasteiger partial charge in [0.15, 0.2) is 5.96 Å². The summed E-state index contributed by atoms with van der Waals surface area (Å²) in [5.74, 6) is 2.03. The molecule has 7 heteroatoms. The van der Waals surface area contributed by atoms with Crippen LogP contribution in [0.4, 0.5) is 0 Å². The van der Waals surface area contributed by atoms with Crippen molar-refractivity contribution in [3.63, 3.8) is 0 Å². The number of aliphatic imine (C=N–C) groups is 1. The zero-order chi connectivity index (χ0) is 22.9. The van der Waals surface area contributed by atoms with E-state index < -0.39 is 0 Å². The first-order valence-electron chi connectivity index (χ1n) is 11.6. The highest BCUT2D eigenvalue weighted by Gasteiger charge is 2.38. The molecule has 1 fully saturated rings. The number of rotatable bonds is 9. The average molecular weight is 572 g/mol. The van der Waals surface area contributed by atoms with Crippen LogP contribution in [0.1, 0.15) is 29.3 Å². The average Bonchev–Trinajstić information content (AvgIpc) is 3.46. The molecule has 1 saturated heterocycles. The minimum absolute atomic E-state index is 0. The first-order valence-corrected chi connectivity index (χ1v) is 11.6. The summed E-state index contributed by atoms with van der Waals surface area (Å²) in [6.45, 7) is 2.08. The van der Waals surface area contributed by atoms with E-state index in [4.69, 9.17) is 9.41 Å². The van der Waals surface area contributed by atoms with E-state index in [0.717, 1.165) is 43.2 Å². The van der Waals surface area contributed by atoms with Crippen LogP contribution in [0.15, 0.2) is 88.5 Å². The lowest BCUT2D eigenvalue weighted by molar-refractivity contribution is -0.127. The van der Waals surface area contributed by atoms with Crippen LogP contribution in [-0.2, 0) is 17.6 Å². The van der Waals surface area contributed by atoms with Gasteiger partial charge in [0, 0.05) is 45.4 Å². The van der Waals surface area contributed by atoms with Gasteiger partial charge in [-0.2, -0.15) is 0 Å². The maximum atomic E-state index is 12.5. The lowest BCUT2D eigenvalue weighted by atomic mass is 9.94. The Bertz CT molecular complexity index is 1030. The SMILES string of the molecule is CN1C(=O)CC(CN=C(NCCc2ccccc2)NCCc2ccco2)C1c1ccccc1.I. The second-order valence-electron chi connectivity index (χ2n) is 8.43. The van der Waals surface area contributed by atoms with Gasteiger partial charge in [-0.1, -0.05) is 60.7 Å². The molecule has 1 aliphatic rings. The lowest BCUT2D eigenvalue weighted by Crippen LogP contribution is -2.40. The molecule has 4 rings (SSSR count). The zero-order valence-corrected chi connectivity index (χ0v) is 21.9. The summed E-state index contributed by atoms with van der Waals surface area (Å²) >= 11 is 0. The molecular weight excluding hydrogens is 539 g/mol. The van der Waals surface area contributed by atoms with Gasteiger partial charge in [0.25, 0.3) is 0 Å². The lowest BCUT2D eigenvalue weighted by Gasteiger charge is -2.25. The predicted molar refractivity (Wildman–Crippen MR) is 146 cm³/mol. The predicted octanol–water partition coefficient (Wildman–Crippen LogP) is 4.44. The summed E-state index contributed by atoms with van der Waals surface area (Å²) in [6, 6.07) is 24.6. The van der Waals surface area contributed by atoms with E-state index >= 15 is 0 Å². The highest BCUT2D eigenvalue weighted by atomic mass is 127. The van der Waals surface area contributed by atoms with Gasteiger partial charge in [-0.05, 0) is 29.7 Å². The minimum Gasteiger partial charge on any atom is -0.469 e. The number of furan rings is 1. The van der Waals surface area contributed by atoms with E-state index in [-0.39, 0.29) is 41.8 Å². The highest BCUT2D eigenvalue weighted by Crippen LogP contribution is 2.36. The number of nitrogens with zero attached hydrogens (tertiary/aromatic N) is 2. The molecule has 2 N–H and O–H groups in total. The maximum Gasteiger partial charge on any atom is 0.223 e. The fraction of sp³-hybridized carbons (Fsp3) is 0.333. The number of benzene rings is 2. The van der Waals surface area contributed by atoms with E-state index in [1.807, 2.05) is 48.3 Å². The van der Waals surface area contributed by atoms with Crippen molar-refractivity contribution in [2.24, 2.45) is 10.9 Å². The summed E-state index contributed by atoms with van der Waals surface area (Å²) in [6.07, 6.45) is 3.91. The molecule has 1 amide bonds. The van der Waals surface area contributed by atoms with Crippen LogP contribution in [0.25, 0.3) is 0 Å². The van der Waals surface area contributed by atoms with Crippen LogP contribution >= 0.6 is 24.0 Å².